The highest BCUT2D eigenvalue weighted by Crippen LogP contribution is 2.21. The molecule has 0 unspecified atom stereocenters. The van der Waals surface area contributed by atoms with Gasteiger partial charge in [-0.3, -0.25) is 4.79 Å². The van der Waals surface area contributed by atoms with Crippen LogP contribution in [0.5, 0.6) is 5.75 Å². The Kier molecular flexibility index (Phi) is 7.43. The normalized spacial score (nSPS) is 10.7. The lowest BCUT2D eigenvalue weighted by Crippen LogP contribution is -2.18. The Morgan fingerprint density at radius 2 is 2.00 bits per heavy atom. The number of para-hydroxylation sites is 1. The van der Waals surface area contributed by atoms with Crippen LogP contribution in [0.15, 0.2) is 60.2 Å². The van der Waals surface area contributed by atoms with E-state index in [2.05, 4.69) is 22.4 Å². The number of aryl methyl sites for hydroxylation is 1. The highest BCUT2D eigenvalue weighted by atomic mass is 16.3. The molecule has 5 heteroatoms. The molecule has 2 aromatic carbocycles. The Morgan fingerprint density at radius 1 is 1.23 bits per heavy atom. The molecule has 0 aromatic heterocycles. The van der Waals surface area contributed by atoms with Gasteiger partial charge in [0.05, 0.1) is 6.21 Å². The second-order valence-electron chi connectivity index (χ2n) is 6.04. The molecule has 0 saturated heterocycles. The van der Waals surface area contributed by atoms with Crippen LogP contribution < -0.4 is 10.7 Å². The Labute approximate surface area is 154 Å². The predicted octanol–water partition coefficient (Wildman–Crippen LogP) is 3.77. The van der Waals surface area contributed by atoms with Crippen molar-refractivity contribution in [1.82, 2.24) is 5.43 Å². The van der Waals surface area contributed by atoms with Crippen molar-refractivity contribution in [3.63, 3.8) is 0 Å². The van der Waals surface area contributed by atoms with E-state index in [-0.39, 0.29) is 11.7 Å². The Bertz CT molecular complexity index is 767. The number of anilines is 1. The maximum Gasteiger partial charge on any atom is 0.240 e. The summed E-state index contributed by atoms with van der Waals surface area (Å²) < 4.78 is 0. The van der Waals surface area contributed by atoms with Crippen molar-refractivity contribution in [1.29, 1.82) is 0 Å². The van der Waals surface area contributed by atoms with Crippen LogP contribution in [-0.4, -0.2) is 23.8 Å². The standard InChI is InChI=1S/C21H25N3O2/c1-3-6-17-7-4-8-18(21(17)26)15-23-24-20(25)9-5-14-22-19-12-10-16(2)11-13-19/h3-4,7-8,10-13,15,22,26H,1,5-6,9,14H2,2H3,(H,24,25)/b23-15-. The van der Waals surface area contributed by atoms with Crippen LogP contribution in [0, 0.1) is 6.92 Å². The molecule has 0 atom stereocenters. The quantitative estimate of drug-likeness (QED) is 0.279. The lowest BCUT2D eigenvalue weighted by atomic mass is 10.1. The van der Waals surface area contributed by atoms with Crippen LogP contribution in [0.25, 0.3) is 0 Å². The minimum atomic E-state index is -0.159. The molecule has 5 nitrogen and oxygen atoms in total. The van der Waals surface area contributed by atoms with Crippen molar-refractivity contribution in [3.05, 3.63) is 71.8 Å². The van der Waals surface area contributed by atoms with Crippen molar-refractivity contribution in [2.24, 2.45) is 5.10 Å². The third-order valence-corrected chi connectivity index (χ3v) is 3.87. The van der Waals surface area contributed by atoms with Gasteiger partial charge in [-0.05, 0) is 43.5 Å². The molecular formula is C21H25N3O2. The maximum atomic E-state index is 11.8. The monoisotopic (exact) mass is 351 g/mol. The number of hydrogen-bond donors (Lipinski definition) is 3. The first kappa shape index (κ1) is 19.2. The second kappa shape index (κ2) is 10.0. The van der Waals surface area contributed by atoms with Crippen molar-refractivity contribution in [2.45, 2.75) is 26.2 Å². The van der Waals surface area contributed by atoms with Gasteiger partial charge in [0.2, 0.25) is 5.91 Å². The molecule has 2 rings (SSSR count). The van der Waals surface area contributed by atoms with Gasteiger partial charge in [-0.1, -0.05) is 35.9 Å². The van der Waals surface area contributed by atoms with Gasteiger partial charge in [0.1, 0.15) is 5.75 Å². The van der Waals surface area contributed by atoms with E-state index in [4.69, 9.17) is 0 Å². The summed E-state index contributed by atoms with van der Waals surface area (Å²) in [6.07, 6.45) is 4.83. The van der Waals surface area contributed by atoms with Crippen molar-refractivity contribution in [3.8, 4) is 5.75 Å². The number of benzene rings is 2. The fourth-order valence-corrected chi connectivity index (χ4v) is 2.42. The van der Waals surface area contributed by atoms with Crippen LogP contribution in [0.1, 0.15) is 29.5 Å². The summed E-state index contributed by atoms with van der Waals surface area (Å²) in [5.74, 6) is 0.00129. The summed E-state index contributed by atoms with van der Waals surface area (Å²) in [6.45, 7) is 6.42. The van der Waals surface area contributed by atoms with Gasteiger partial charge in [-0.15, -0.1) is 6.58 Å². The lowest BCUT2D eigenvalue weighted by Gasteiger charge is -2.06. The van der Waals surface area contributed by atoms with Crippen LogP contribution in [0.4, 0.5) is 5.69 Å². The molecule has 3 N–H and O–H groups in total. The largest absolute Gasteiger partial charge is 0.507 e. The Hall–Kier alpha value is -3.08. The molecule has 0 aliphatic rings. The molecule has 0 radical (unpaired) electrons. The van der Waals surface area contributed by atoms with Gasteiger partial charge in [0.15, 0.2) is 0 Å². The van der Waals surface area contributed by atoms with Crippen molar-refractivity contribution < 1.29 is 9.90 Å². The zero-order valence-electron chi connectivity index (χ0n) is 15.0. The number of phenols is 1. The fourth-order valence-electron chi connectivity index (χ4n) is 2.42. The SMILES string of the molecule is C=CCc1cccc(/C=N\NC(=O)CCCNc2ccc(C)cc2)c1O. The summed E-state index contributed by atoms with van der Waals surface area (Å²) in [7, 11) is 0. The van der Waals surface area contributed by atoms with E-state index in [1.165, 1.54) is 11.8 Å². The minimum Gasteiger partial charge on any atom is -0.507 e. The van der Waals surface area contributed by atoms with Gasteiger partial charge in [0, 0.05) is 24.2 Å². The number of nitrogens with one attached hydrogen (secondary N) is 2. The molecule has 0 heterocycles. The first-order chi connectivity index (χ1) is 12.6. The Morgan fingerprint density at radius 3 is 2.73 bits per heavy atom. The average molecular weight is 351 g/mol. The average Bonchev–Trinajstić information content (AvgIpc) is 2.63. The number of amides is 1. The smallest absolute Gasteiger partial charge is 0.240 e. The first-order valence-electron chi connectivity index (χ1n) is 8.64. The number of nitrogens with zero attached hydrogens (tertiary/aromatic N) is 1. The summed E-state index contributed by atoms with van der Waals surface area (Å²) in [5, 5.41) is 17.3. The number of allylic oxidation sites excluding steroid dienone is 1. The van der Waals surface area contributed by atoms with Crippen molar-refractivity contribution in [2.75, 3.05) is 11.9 Å². The van der Waals surface area contributed by atoms with E-state index < -0.39 is 0 Å². The number of carbonyl (C=O) groups is 1. The molecule has 0 aliphatic carbocycles. The van der Waals surface area contributed by atoms with Gasteiger partial charge < -0.3 is 10.4 Å². The third kappa shape index (κ3) is 6.09. The van der Waals surface area contributed by atoms with Gasteiger partial charge >= 0.3 is 0 Å². The summed E-state index contributed by atoms with van der Waals surface area (Å²) in [4.78, 5) is 11.8. The molecule has 0 aliphatic heterocycles. The molecule has 26 heavy (non-hydrogen) atoms. The highest BCUT2D eigenvalue weighted by Gasteiger charge is 2.04. The maximum absolute atomic E-state index is 11.8. The zero-order valence-corrected chi connectivity index (χ0v) is 15.0. The Balaban J connectivity index is 1.73. The zero-order chi connectivity index (χ0) is 18.8. The molecule has 0 bridgehead atoms. The topological polar surface area (TPSA) is 73.7 Å². The lowest BCUT2D eigenvalue weighted by molar-refractivity contribution is -0.121. The molecule has 136 valence electrons. The molecule has 0 fully saturated rings. The number of hydrogen-bond acceptors (Lipinski definition) is 4. The van der Waals surface area contributed by atoms with E-state index in [1.54, 1.807) is 12.1 Å². The molecule has 2 aromatic rings. The van der Waals surface area contributed by atoms with Crippen LogP contribution in [-0.2, 0) is 11.2 Å². The summed E-state index contributed by atoms with van der Waals surface area (Å²) >= 11 is 0. The summed E-state index contributed by atoms with van der Waals surface area (Å²) in [6, 6.07) is 13.5. The van der Waals surface area contributed by atoms with Gasteiger partial charge in [-0.2, -0.15) is 5.10 Å². The number of rotatable bonds is 9. The summed E-state index contributed by atoms with van der Waals surface area (Å²) in [5.41, 5.74) is 6.09. The third-order valence-electron chi connectivity index (χ3n) is 3.87. The molecular weight excluding hydrogens is 326 g/mol. The molecule has 0 spiro atoms. The van der Waals surface area contributed by atoms with Crippen LogP contribution >= 0.6 is 0 Å². The number of phenolic OH excluding ortho intramolecular Hbond substituents is 1. The van der Waals surface area contributed by atoms with Crippen LogP contribution in [0.2, 0.25) is 0 Å². The number of hydrazone groups is 1. The van der Waals surface area contributed by atoms with Crippen LogP contribution in [0.3, 0.4) is 0 Å². The number of carbonyl (C=O) groups excluding carboxylic acids is 1. The molecule has 1 amide bonds. The van der Waals surface area contributed by atoms with Gasteiger partial charge in [-0.25, -0.2) is 5.43 Å². The second-order valence-corrected chi connectivity index (χ2v) is 6.04. The minimum absolute atomic E-state index is 0.159. The molecule has 0 saturated carbocycles. The van der Waals surface area contributed by atoms with E-state index in [9.17, 15) is 9.90 Å². The van der Waals surface area contributed by atoms with E-state index in [0.717, 1.165) is 11.3 Å². The van der Waals surface area contributed by atoms with E-state index >= 15 is 0 Å². The fraction of sp³-hybridized carbons (Fsp3) is 0.238. The number of aromatic hydroxyl groups is 1. The predicted molar refractivity (Wildman–Crippen MR) is 107 cm³/mol. The van der Waals surface area contributed by atoms with Gasteiger partial charge in [0.25, 0.3) is 0 Å². The highest BCUT2D eigenvalue weighted by molar-refractivity contribution is 5.85. The van der Waals surface area contributed by atoms with Crippen molar-refractivity contribution >= 4 is 17.8 Å². The first-order valence-corrected chi connectivity index (χ1v) is 8.64. The van der Waals surface area contributed by atoms with E-state index in [0.29, 0.717) is 31.4 Å². The van der Waals surface area contributed by atoms with E-state index in [1.807, 2.05) is 43.3 Å².